The molecule has 2 aliphatic rings. The van der Waals surface area contributed by atoms with E-state index in [0.717, 1.165) is 35.2 Å². The highest BCUT2D eigenvalue weighted by atomic mass is 35.5. The zero-order valence-corrected chi connectivity index (χ0v) is 14.2. The van der Waals surface area contributed by atoms with E-state index >= 15 is 0 Å². The van der Waals surface area contributed by atoms with Crippen LogP contribution in [0.25, 0.3) is 0 Å². The van der Waals surface area contributed by atoms with Gasteiger partial charge in [-0.3, -0.25) is 0 Å². The van der Waals surface area contributed by atoms with Gasteiger partial charge < -0.3 is 14.8 Å². The number of benzene rings is 1. The molecule has 4 rings (SSSR count). The van der Waals surface area contributed by atoms with Gasteiger partial charge in [0.2, 0.25) is 0 Å². The largest absolute Gasteiger partial charge is 0.493 e. The molecule has 0 saturated heterocycles. The van der Waals surface area contributed by atoms with Crippen molar-refractivity contribution < 1.29 is 9.47 Å². The first-order valence-electron chi connectivity index (χ1n) is 7.47. The fraction of sp³-hybridized carbons (Fsp3) is 0.412. The number of nitrogens with one attached hydrogen (secondary N) is 1. The van der Waals surface area contributed by atoms with E-state index in [1.165, 1.54) is 21.6 Å². The van der Waals surface area contributed by atoms with Crippen molar-refractivity contribution in [3.05, 3.63) is 44.1 Å². The third-order valence-corrected chi connectivity index (χ3v) is 6.06. The Labute approximate surface area is 139 Å². The Balaban J connectivity index is 1.88. The summed E-state index contributed by atoms with van der Waals surface area (Å²) in [7, 11) is 3.38. The monoisotopic (exact) mass is 335 g/mol. The van der Waals surface area contributed by atoms with Crippen LogP contribution >= 0.6 is 22.9 Å². The number of fused-ring (bicyclic) bond motifs is 5. The third kappa shape index (κ3) is 2.13. The lowest BCUT2D eigenvalue weighted by atomic mass is 9.74. The topological polar surface area (TPSA) is 30.5 Å². The molecule has 2 aromatic rings. The van der Waals surface area contributed by atoms with Crippen LogP contribution in [0.5, 0.6) is 11.5 Å². The molecule has 0 amide bonds. The lowest BCUT2D eigenvalue weighted by Gasteiger charge is -2.38. The summed E-state index contributed by atoms with van der Waals surface area (Å²) < 4.78 is 11.8. The van der Waals surface area contributed by atoms with E-state index in [4.69, 9.17) is 21.1 Å². The minimum atomic E-state index is 0.357. The zero-order valence-electron chi connectivity index (χ0n) is 12.6. The van der Waals surface area contributed by atoms with Gasteiger partial charge in [-0.15, -0.1) is 11.3 Å². The Morgan fingerprint density at radius 3 is 2.68 bits per heavy atom. The van der Waals surface area contributed by atoms with Crippen LogP contribution in [0, 0.1) is 0 Å². The average Bonchev–Trinajstić information content (AvgIpc) is 2.93. The molecule has 0 radical (unpaired) electrons. The van der Waals surface area contributed by atoms with E-state index in [-0.39, 0.29) is 0 Å². The molecule has 1 N–H and O–H groups in total. The molecular weight excluding hydrogens is 318 g/mol. The molecule has 1 aliphatic heterocycles. The van der Waals surface area contributed by atoms with Gasteiger partial charge in [-0.05, 0) is 47.7 Å². The highest BCUT2D eigenvalue weighted by Crippen LogP contribution is 2.47. The number of ether oxygens (including phenoxy) is 2. The third-order valence-electron chi connectivity index (χ3n) is 4.78. The van der Waals surface area contributed by atoms with Gasteiger partial charge in [0.15, 0.2) is 11.5 Å². The van der Waals surface area contributed by atoms with Crippen molar-refractivity contribution in [1.82, 2.24) is 5.32 Å². The van der Waals surface area contributed by atoms with Crippen LogP contribution < -0.4 is 14.8 Å². The van der Waals surface area contributed by atoms with E-state index in [1.807, 2.05) is 0 Å². The number of hydrogen-bond acceptors (Lipinski definition) is 4. The van der Waals surface area contributed by atoms with Crippen LogP contribution in [0.4, 0.5) is 0 Å². The second kappa shape index (κ2) is 5.44. The van der Waals surface area contributed by atoms with Crippen molar-refractivity contribution in [2.24, 2.45) is 0 Å². The van der Waals surface area contributed by atoms with Crippen molar-refractivity contribution in [1.29, 1.82) is 0 Å². The Morgan fingerprint density at radius 2 is 1.91 bits per heavy atom. The summed E-state index contributed by atoms with van der Waals surface area (Å²) >= 11 is 7.95. The van der Waals surface area contributed by atoms with Crippen molar-refractivity contribution in [3.63, 3.8) is 0 Å². The summed E-state index contributed by atoms with van der Waals surface area (Å²) in [6.45, 7) is 0.927. The van der Waals surface area contributed by atoms with Gasteiger partial charge in [-0.1, -0.05) is 11.6 Å². The molecule has 2 atom stereocenters. The van der Waals surface area contributed by atoms with Crippen molar-refractivity contribution >= 4 is 22.9 Å². The fourth-order valence-corrected chi connectivity index (χ4v) is 5.05. The number of halogens is 1. The van der Waals surface area contributed by atoms with Gasteiger partial charge >= 0.3 is 0 Å². The molecule has 0 bridgehead atoms. The minimum Gasteiger partial charge on any atom is -0.493 e. The lowest BCUT2D eigenvalue weighted by molar-refractivity contribution is 0.349. The Kier molecular flexibility index (Phi) is 3.56. The second-order valence-corrected chi connectivity index (χ2v) is 7.61. The molecular formula is C17H18ClNO2S. The maximum Gasteiger partial charge on any atom is 0.161 e. The number of hydrogen-bond donors (Lipinski definition) is 1. The number of methoxy groups -OCH3 is 2. The van der Waals surface area contributed by atoms with Gasteiger partial charge in [0, 0.05) is 23.4 Å². The molecule has 3 nitrogen and oxygen atoms in total. The molecule has 1 aliphatic carbocycles. The Bertz CT molecular complexity index is 728. The molecule has 2 heterocycles. The molecule has 0 unspecified atom stereocenters. The first-order valence-corrected chi connectivity index (χ1v) is 8.67. The quantitative estimate of drug-likeness (QED) is 0.900. The normalized spacial score (nSPS) is 22.5. The highest BCUT2D eigenvalue weighted by Gasteiger charge is 2.36. The minimum absolute atomic E-state index is 0.357. The number of thiophene rings is 1. The summed E-state index contributed by atoms with van der Waals surface area (Å²) in [5.74, 6) is 1.97. The van der Waals surface area contributed by atoms with E-state index in [0.29, 0.717) is 12.0 Å². The molecule has 22 heavy (non-hydrogen) atoms. The van der Waals surface area contributed by atoms with Gasteiger partial charge in [0.05, 0.1) is 18.6 Å². The van der Waals surface area contributed by atoms with E-state index in [9.17, 15) is 0 Å². The standard InChI is InChI=1S/C17H18ClNO2S/c1-20-13-5-9-3-4-12-17(10(9)6-14(13)21-2)11-7-16(18)22-15(11)8-19-12/h5-7,12,17,19H,3-4,8H2,1-2H3/t12-,17+/m0/s1. The van der Waals surface area contributed by atoms with Crippen molar-refractivity contribution in [3.8, 4) is 11.5 Å². The predicted molar refractivity (Wildman–Crippen MR) is 89.7 cm³/mol. The summed E-state index contributed by atoms with van der Waals surface area (Å²) in [6, 6.07) is 6.90. The van der Waals surface area contributed by atoms with Crippen LogP contribution in [0.3, 0.4) is 0 Å². The van der Waals surface area contributed by atoms with Crippen LogP contribution in [-0.2, 0) is 13.0 Å². The lowest BCUT2D eigenvalue weighted by Crippen LogP contribution is -2.42. The molecule has 1 aromatic heterocycles. The number of aryl methyl sites for hydroxylation is 1. The summed E-state index contributed by atoms with van der Waals surface area (Å²) in [4.78, 5) is 1.36. The van der Waals surface area contributed by atoms with Gasteiger partial charge in [-0.2, -0.15) is 0 Å². The molecule has 116 valence electrons. The van der Waals surface area contributed by atoms with E-state index in [2.05, 4.69) is 23.5 Å². The summed E-state index contributed by atoms with van der Waals surface area (Å²) in [5.41, 5.74) is 4.08. The first kappa shape index (κ1) is 14.4. The molecule has 0 saturated carbocycles. The van der Waals surface area contributed by atoms with E-state index in [1.54, 1.807) is 25.6 Å². The molecule has 0 spiro atoms. The predicted octanol–water partition coefficient (Wildman–Crippen LogP) is 3.97. The summed E-state index contributed by atoms with van der Waals surface area (Å²) in [6.07, 6.45) is 2.21. The smallest absolute Gasteiger partial charge is 0.161 e. The van der Waals surface area contributed by atoms with Gasteiger partial charge in [0.1, 0.15) is 0 Å². The van der Waals surface area contributed by atoms with E-state index < -0.39 is 0 Å². The van der Waals surface area contributed by atoms with Crippen molar-refractivity contribution in [2.45, 2.75) is 31.3 Å². The molecule has 0 fully saturated rings. The highest BCUT2D eigenvalue weighted by molar-refractivity contribution is 7.16. The fourth-order valence-electron chi connectivity index (χ4n) is 3.78. The zero-order chi connectivity index (χ0) is 15.3. The van der Waals surface area contributed by atoms with Crippen molar-refractivity contribution in [2.75, 3.05) is 14.2 Å². The first-order chi connectivity index (χ1) is 10.7. The van der Waals surface area contributed by atoms with Crippen LogP contribution in [0.15, 0.2) is 18.2 Å². The molecule has 5 heteroatoms. The van der Waals surface area contributed by atoms with Gasteiger partial charge in [-0.25, -0.2) is 0 Å². The van der Waals surface area contributed by atoms with Crippen LogP contribution in [-0.4, -0.2) is 20.3 Å². The van der Waals surface area contributed by atoms with Crippen LogP contribution in [0.2, 0.25) is 4.34 Å². The summed E-state index contributed by atoms with van der Waals surface area (Å²) in [5, 5.41) is 3.68. The Morgan fingerprint density at radius 1 is 1.14 bits per heavy atom. The maximum atomic E-state index is 6.26. The average molecular weight is 336 g/mol. The SMILES string of the molecule is COc1cc2c(cc1OC)[C@@H]1c3cc(Cl)sc3CN[C@H]1CC2. The number of rotatable bonds is 2. The molecule has 1 aromatic carbocycles. The van der Waals surface area contributed by atoms with Crippen LogP contribution in [0.1, 0.15) is 33.9 Å². The second-order valence-electron chi connectivity index (χ2n) is 5.84. The van der Waals surface area contributed by atoms with Gasteiger partial charge in [0.25, 0.3) is 0 Å². The Hall–Kier alpha value is -1.23. The maximum absolute atomic E-state index is 6.26.